The largest absolute Gasteiger partial charge is 0.318 e. The van der Waals surface area contributed by atoms with Gasteiger partial charge < -0.3 is 9.80 Å². The van der Waals surface area contributed by atoms with Crippen LogP contribution in [0.15, 0.2) is 78.9 Å². The summed E-state index contributed by atoms with van der Waals surface area (Å²) in [6.45, 7) is 4.73. The van der Waals surface area contributed by atoms with Crippen molar-refractivity contribution in [1.29, 1.82) is 0 Å². The maximum absolute atomic E-state index is 2.61. The SMILES string of the molecule is CCC1(CC)Cc2ccccc2N2c3ccccc3N(c3ccccc3)C21. The Morgan fingerprint density at radius 1 is 0.704 bits per heavy atom. The van der Waals surface area contributed by atoms with Gasteiger partial charge in [-0.25, -0.2) is 0 Å². The molecule has 0 radical (unpaired) electrons. The van der Waals surface area contributed by atoms with Crippen molar-refractivity contribution in [3.8, 4) is 0 Å². The molecule has 0 aliphatic carbocycles. The lowest BCUT2D eigenvalue weighted by Gasteiger charge is -2.51. The van der Waals surface area contributed by atoms with Gasteiger partial charge in [-0.3, -0.25) is 0 Å². The fourth-order valence-corrected chi connectivity index (χ4v) is 5.16. The monoisotopic (exact) mass is 354 g/mol. The molecule has 0 bridgehead atoms. The quantitative estimate of drug-likeness (QED) is 0.518. The molecule has 136 valence electrons. The van der Waals surface area contributed by atoms with Gasteiger partial charge in [-0.05, 0) is 55.2 Å². The molecule has 0 saturated heterocycles. The van der Waals surface area contributed by atoms with Crippen LogP contribution in [0.5, 0.6) is 0 Å². The van der Waals surface area contributed by atoms with E-state index in [0.29, 0.717) is 6.17 Å². The lowest BCUT2D eigenvalue weighted by atomic mass is 9.70. The molecule has 0 aromatic heterocycles. The van der Waals surface area contributed by atoms with Crippen molar-refractivity contribution in [2.24, 2.45) is 5.41 Å². The molecule has 2 heterocycles. The maximum atomic E-state index is 2.61. The number of para-hydroxylation sites is 4. The maximum Gasteiger partial charge on any atom is 0.117 e. The summed E-state index contributed by atoms with van der Waals surface area (Å²) in [6.07, 6.45) is 3.77. The molecule has 2 nitrogen and oxygen atoms in total. The van der Waals surface area contributed by atoms with Gasteiger partial charge in [0.05, 0.1) is 11.4 Å². The van der Waals surface area contributed by atoms with Crippen LogP contribution in [0, 0.1) is 5.41 Å². The summed E-state index contributed by atoms with van der Waals surface area (Å²) in [5.41, 5.74) is 6.97. The Morgan fingerprint density at radius 3 is 1.93 bits per heavy atom. The fourth-order valence-electron chi connectivity index (χ4n) is 5.16. The smallest absolute Gasteiger partial charge is 0.117 e. The Hall–Kier alpha value is -2.74. The minimum Gasteiger partial charge on any atom is -0.318 e. The van der Waals surface area contributed by atoms with Crippen molar-refractivity contribution in [2.45, 2.75) is 39.3 Å². The lowest BCUT2D eigenvalue weighted by molar-refractivity contribution is 0.197. The molecule has 0 spiro atoms. The molecular formula is C25H26N2. The highest BCUT2D eigenvalue weighted by Gasteiger charge is 2.52. The van der Waals surface area contributed by atoms with Crippen molar-refractivity contribution in [3.63, 3.8) is 0 Å². The molecule has 3 aromatic rings. The summed E-state index contributed by atoms with van der Waals surface area (Å²) < 4.78 is 0. The second kappa shape index (κ2) is 6.16. The summed E-state index contributed by atoms with van der Waals surface area (Å²) in [7, 11) is 0. The molecule has 1 unspecified atom stereocenters. The van der Waals surface area contributed by atoms with Crippen LogP contribution >= 0.6 is 0 Å². The van der Waals surface area contributed by atoms with Crippen LogP contribution in [0.25, 0.3) is 0 Å². The number of hydrogen-bond acceptors (Lipinski definition) is 2. The van der Waals surface area contributed by atoms with Gasteiger partial charge in [0, 0.05) is 16.8 Å². The summed E-state index contributed by atoms with van der Waals surface area (Å²) >= 11 is 0. The van der Waals surface area contributed by atoms with Gasteiger partial charge in [-0.15, -0.1) is 0 Å². The van der Waals surface area contributed by atoms with E-state index in [1.807, 2.05) is 0 Å². The first-order valence-electron chi connectivity index (χ1n) is 10.1. The van der Waals surface area contributed by atoms with Crippen LogP contribution < -0.4 is 9.80 Å². The van der Waals surface area contributed by atoms with Crippen molar-refractivity contribution in [1.82, 2.24) is 0 Å². The Morgan fingerprint density at radius 2 is 1.26 bits per heavy atom. The number of rotatable bonds is 3. The highest BCUT2D eigenvalue weighted by Crippen LogP contribution is 2.58. The summed E-state index contributed by atoms with van der Waals surface area (Å²) in [4.78, 5) is 5.19. The molecule has 27 heavy (non-hydrogen) atoms. The summed E-state index contributed by atoms with van der Waals surface area (Å²) in [6, 6.07) is 28.8. The fraction of sp³-hybridized carbons (Fsp3) is 0.280. The van der Waals surface area contributed by atoms with E-state index in [-0.39, 0.29) is 5.41 Å². The first-order chi connectivity index (χ1) is 13.3. The average Bonchev–Trinajstić information content (AvgIpc) is 3.10. The van der Waals surface area contributed by atoms with Gasteiger partial charge in [0.1, 0.15) is 6.17 Å². The second-order valence-electron chi connectivity index (χ2n) is 7.81. The predicted octanol–water partition coefficient (Wildman–Crippen LogP) is 6.67. The number of hydrogen-bond donors (Lipinski definition) is 0. The Labute approximate surface area is 162 Å². The molecule has 0 fully saturated rings. The first-order valence-corrected chi connectivity index (χ1v) is 10.1. The van der Waals surface area contributed by atoms with Crippen LogP contribution in [0.1, 0.15) is 32.3 Å². The first kappa shape index (κ1) is 16.4. The van der Waals surface area contributed by atoms with E-state index < -0.39 is 0 Å². The van der Waals surface area contributed by atoms with Gasteiger partial charge in [-0.2, -0.15) is 0 Å². The Kier molecular flexibility index (Phi) is 3.75. The second-order valence-corrected chi connectivity index (χ2v) is 7.81. The highest BCUT2D eigenvalue weighted by molar-refractivity contribution is 5.90. The summed E-state index contributed by atoms with van der Waals surface area (Å²) in [5.74, 6) is 0. The van der Waals surface area contributed by atoms with E-state index in [1.165, 1.54) is 28.3 Å². The average molecular weight is 354 g/mol. The molecule has 2 heteroatoms. The van der Waals surface area contributed by atoms with Gasteiger partial charge in [-0.1, -0.05) is 62.4 Å². The van der Waals surface area contributed by atoms with Crippen molar-refractivity contribution in [3.05, 3.63) is 84.4 Å². The molecule has 0 N–H and O–H groups in total. The van der Waals surface area contributed by atoms with E-state index in [0.717, 1.165) is 19.3 Å². The number of nitrogens with zero attached hydrogens (tertiary/aromatic N) is 2. The number of benzene rings is 3. The third kappa shape index (κ3) is 2.26. The minimum atomic E-state index is 0.212. The number of anilines is 4. The third-order valence-electron chi connectivity index (χ3n) is 6.67. The molecule has 2 aliphatic heterocycles. The van der Waals surface area contributed by atoms with E-state index in [9.17, 15) is 0 Å². The molecular weight excluding hydrogens is 328 g/mol. The van der Waals surface area contributed by atoms with Crippen molar-refractivity contribution < 1.29 is 0 Å². The molecule has 0 saturated carbocycles. The minimum absolute atomic E-state index is 0.212. The van der Waals surface area contributed by atoms with Crippen LogP contribution in [-0.4, -0.2) is 6.17 Å². The third-order valence-corrected chi connectivity index (χ3v) is 6.67. The topological polar surface area (TPSA) is 6.48 Å². The van der Waals surface area contributed by atoms with Crippen LogP contribution in [0.4, 0.5) is 22.7 Å². The van der Waals surface area contributed by atoms with E-state index in [2.05, 4.69) is 103 Å². The van der Waals surface area contributed by atoms with Crippen molar-refractivity contribution >= 4 is 22.7 Å². The zero-order valence-corrected chi connectivity index (χ0v) is 16.1. The van der Waals surface area contributed by atoms with Gasteiger partial charge in [0.15, 0.2) is 0 Å². The zero-order chi connectivity index (χ0) is 18.4. The predicted molar refractivity (Wildman–Crippen MR) is 114 cm³/mol. The van der Waals surface area contributed by atoms with Crippen molar-refractivity contribution in [2.75, 3.05) is 9.80 Å². The zero-order valence-electron chi connectivity index (χ0n) is 16.1. The molecule has 0 amide bonds. The molecule has 1 atom stereocenters. The van der Waals surface area contributed by atoms with E-state index in [1.54, 1.807) is 0 Å². The normalized spacial score (nSPS) is 19.4. The van der Waals surface area contributed by atoms with E-state index >= 15 is 0 Å². The van der Waals surface area contributed by atoms with E-state index in [4.69, 9.17) is 0 Å². The van der Waals surface area contributed by atoms with Gasteiger partial charge >= 0.3 is 0 Å². The molecule has 3 aromatic carbocycles. The molecule has 5 rings (SSSR count). The van der Waals surface area contributed by atoms with Gasteiger partial charge in [0.25, 0.3) is 0 Å². The van der Waals surface area contributed by atoms with Crippen LogP contribution in [-0.2, 0) is 6.42 Å². The summed E-state index contributed by atoms with van der Waals surface area (Å²) in [5, 5.41) is 0. The lowest BCUT2D eigenvalue weighted by Crippen LogP contribution is -2.55. The molecule has 2 aliphatic rings. The van der Waals surface area contributed by atoms with Gasteiger partial charge in [0.2, 0.25) is 0 Å². The Bertz CT molecular complexity index is 959. The number of fused-ring (bicyclic) bond motifs is 5. The van der Waals surface area contributed by atoms with Crippen LogP contribution in [0.3, 0.4) is 0 Å². The Balaban J connectivity index is 1.80. The standard InChI is InChI=1S/C25H26N2/c1-3-25(4-2)18-19-12-8-9-15-21(19)27-23-17-11-10-16-22(23)26(24(25)27)20-13-6-5-7-14-20/h5-17,24H,3-4,18H2,1-2H3. The van der Waals surface area contributed by atoms with Crippen LogP contribution in [0.2, 0.25) is 0 Å². The highest BCUT2D eigenvalue weighted by atomic mass is 15.4.